The van der Waals surface area contributed by atoms with E-state index in [0.717, 1.165) is 0 Å². The SMILES string of the molecule is O=S(=O)(OCCOCCOCCOCCOCCOCCOCCOCCOCCO)c1ccccc1. The highest BCUT2D eigenvalue weighted by Gasteiger charge is 2.13. The van der Waals surface area contributed by atoms with Crippen LogP contribution in [0.3, 0.4) is 0 Å². The number of benzene rings is 1. The molecule has 0 atom stereocenters. The van der Waals surface area contributed by atoms with Crippen molar-refractivity contribution in [1.82, 2.24) is 0 Å². The summed E-state index contributed by atoms with van der Waals surface area (Å²) >= 11 is 0. The fourth-order valence-corrected chi connectivity index (χ4v) is 3.48. The molecule has 1 aromatic rings. The van der Waals surface area contributed by atoms with Gasteiger partial charge in [-0.3, -0.25) is 4.18 Å². The number of hydrogen-bond donors (Lipinski definition) is 1. The van der Waals surface area contributed by atoms with Crippen LogP contribution in [-0.4, -0.2) is 132 Å². The van der Waals surface area contributed by atoms with Crippen LogP contribution in [0.25, 0.3) is 0 Å². The number of hydrogen-bond acceptors (Lipinski definition) is 12. The van der Waals surface area contributed by atoms with Crippen LogP contribution in [0.4, 0.5) is 0 Å². The van der Waals surface area contributed by atoms with Gasteiger partial charge in [-0.25, -0.2) is 0 Å². The van der Waals surface area contributed by atoms with Crippen LogP contribution in [0.1, 0.15) is 0 Å². The topological polar surface area (TPSA) is 137 Å². The third-order valence-electron chi connectivity index (χ3n) is 4.34. The first-order chi connectivity index (χ1) is 18.2. The Balaban J connectivity index is 1.71. The zero-order valence-electron chi connectivity index (χ0n) is 21.5. The van der Waals surface area contributed by atoms with Crippen LogP contribution in [-0.2, 0) is 52.2 Å². The predicted octanol–water partition coefficient (Wildman–Crippen LogP) is 0.517. The Bertz CT molecular complexity index is 705. The summed E-state index contributed by atoms with van der Waals surface area (Å²) in [7, 11) is -3.75. The van der Waals surface area contributed by atoms with Crippen molar-refractivity contribution in [1.29, 1.82) is 0 Å². The molecule has 216 valence electrons. The lowest BCUT2D eigenvalue weighted by Gasteiger charge is -2.09. The largest absolute Gasteiger partial charge is 0.394 e. The first-order valence-corrected chi connectivity index (χ1v) is 13.7. The Morgan fingerprint density at radius 2 is 0.757 bits per heavy atom. The van der Waals surface area contributed by atoms with E-state index in [2.05, 4.69) is 0 Å². The standard InChI is InChI=1S/C24H42O12S/c25-6-7-28-8-9-29-10-11-30-12-13-31-14-15-32-16-17-33-18-19-34-20-21-35-22-23-36-37(26,27)24-4-2-1-3-5-24/h1-5,25H,6-23H2. The second-order valence-electron chi connectivity index (χ2n) is 7.21. The zero-order valence-corrected chi connectivity index (χ0v) is 22.3. The average Bonchev–Trinajstić information content (AvgIpc) is 2.91. The monoisotopic (exact) mass is 554 g/mol. The lowest BCUT2D eigenvalue weighted by Crippen LogP contribution is -2.15. The van der Waals surface area contributed by atoms with E-state index in [-0.39, 0.29) is 24.7 Å². The van der Waals surface area contributed by atoms with Gasteiger partial charge >= 0.3 is 0 Å². The molecule has 0 unspecified atom stereocenters. The van der Waals surface area contributed by atoms with Gasteiger partial charge in [0.1, 0.15) is 0 Å². The second-order valence-corrected chi connectivity index (χ2v) is 8.83. The molecule has 0 bridgehead atoms. The van der Waals surface area contributed by atoms with Gasteiger partial charge in [0.05, 0.1) is 124 Å². The summed E-state index contributed by atoms with van der Waals surface area (Å²) in [5.74, 6) is 0. The third kappa shape index (κ3) is 21.4. The Morgan fingerprint density at radius 1 is 0.459 bits per heavy atom. The van der Waals surface area contributed by atoms with E-state index in [9.17, 15) is 8.42 Å². The van der Waals surface area contributed by atoms with Crippen LogP contribution in [0.2, 0.25) is 0 Å². The maximum absolute atomic E-state index is 11.9. The maximum atomic E-state index is 11.9. The molecule has 0 aliphatic heterocycles. The van der Waals surface area contributed by atoms with Crippen molar-refractivity contribution in [2.75, 3.05) is 119 Å². The molecule has 13 heteroatoms. The third-order valence-corrected chi connectivity index (χ3v) is 5.66. The molecule has 0 saturated heterocycles. The van der Waals surface area contributed by atoms with Gasteiger partial charge in [-0.05, 0) is 12.1 Å². The molecule has 0 heterocycles. The fourth-order valence-electron chi connectivity index (χ4n) is 2.56. The molecule has 12 nitrogen and oxygen atoms in total. The van der Waals surface area contributed by atoms with E-state index in [1.165, 1.54) is 12.1 Å². The highest BCUT2D eigenvalue weighted by molar-refractivity contribution is 7.86. The van der Waals surface area contributed by atoms with Crippen LogP contribution >= 0.6 is 0 Å². The molecular weight excluding hydrogens is 512 g/mol. The maximum Gasteiger partial charge on any atom is 0.297 e. The van der Waals surface area contributed by atoms with Crippen molar-refractivity contribution in [2.45, 2.75) is 4.90 Å². The van der Waals surface area contributed by atoms with Gasteiger partial charge in [0.15, 0.2) is 0 Å². The molecule has 0 fully saturated rings. The van der Waals surface area contributed by atoms with E-state index >= 15 is 0 Å². The quantitative estimate of drug-likeness (QED) is 0.114. The van der Waals surface area contributed by atoms with E-state index in [4.69, 9.17) is 47.2 Å². The molecule has 0 aromatic heterocycles. The van der Waals surface area contributed by atoms with Crippen LogP contribution in [0, 0.1) is 0 Å². The average molecular weight is 555 g/mol. The smallest absolute Gasteiger partial charge is 0.297 e. The van der Waals surface area contributed by atoms with Gasteiger partial charge in [0.2, 0.25) is 0 Å². The minimum atomic E-state index is -3.75. The second kappa shape index (κ2) is 25.1. The summed E-state index contributed by atoms with van der Waals surface area (Å²) in [5.41, 5.74) is 0. The lowest BCUT2D eigenvalue weighted by atomic mass is 10.4. The molecule has 0 aliphatic rings. The van der Waals surface area contributed by atoms with Crippen LogP contribution in [0.5, 0.6) is 0 Å². The Morgan fingerprint density at radius 3 is 1.08 bits per heavy atom. The molecule has 0 saturated carbocycles. The summed E-state index contributed by atoms with van der Waals surface area (Å²) in [6.45, 7) is 6.79. The molecule has 0 radical (unpaired) electrons. The number of aliphatic hydroxyl groups excluding tert-OH is 1. The molecule has 0 aliphatic carbocycles. The molecule has 1 N–H and O–H groups in total. The van der Waals surface area contributed by atoms with Crippen molar-refractivity contribution in [2.24, 2.45) is 0 Å². The highest BCUT2D eigenvalue weighted by atomic mass is 32.2. The molecular formula is C24H42O12S. The minimum absolute atomic E-state index is 0.0177. The first kappa shape index (κ1) is 33.8. The van der Waals surface area contributed by atoms with E-state index in [1.54, 1.807) is 18.2 Å². The minimum Gasteiger partial charge on any atom is -0.394 e. The lowest BCUT2D eigenvalue weighted by molar-refractivity contribution is -0.0242. The van der Waals surface area contributed by atoms with Crippen LogP contribution < -0.4 is 0 Å². The molecule has 0 spiro atoms. The van der Waals surface area contributed by atoms with E-state index < -0.39 is 10.1 Å². The normalized spacial score (nSPS) is 11.8. The fraction of sp³-hybridized carbons (Fsp3) is 0.750. The van der Waals surface area contributed by atoms with Gasteiger partial charge in [-0.15, -0.1) is 0 Å². The van der Waals surface area contributed by atoms with Gasteiger partial charge < -0.3 is 43.0 Å². The van der Waals surface area contributed by atoms with Crippen molar-refractivity contribution < 1.29 is 55.6 Å². The van der Waals surface area contributed by atoms with Gasteiger partial charge in [-0.1, -0.05) is 18.2 Å². The van der Waals surface area contributed by atoms with Crippen molar-refractivity contribution in [3.8, 4) is 0 Å². The summed E-state index contributed by atoms with van der Waals surface area (Å²) < 4.78 is 71.4. The first-order valence-electron chi connectivity index (χ1n) is 12.3. The van der Waals surface area contributed by atoms with Crippen molar-refractivity contribution in [3.05, 3.63) is 30.3 Å². The van der Waals surface area contributed by atoms with Gasteiger partial charge in [0.25, 0.3) is 10.1 Å². The van der Waals surface area contributed by atoms with Gasteiger partial charge in [-0.2, -0.15) is 8.42 Å². The summed E-state index contributed by atoms with van der Waals surface area (Å²) in [5, 5.41) is 8.55. The van der Waals surface area contributed by atoms with Crippen molar-refractivity contribution >= 4 is 10.1 Å². The zero-order chi connectivity index (χ0) is 26.7. The number of ether oxygens (including phenoxy) is 8. The van der Waals surface area contributed by atoms with Gasteiger partial charge in [0, 0.05) is 0 Å². The Labute approximate surface area is 220 Å². The Kier molecular flexibility index (Phi) is 22.9. The molecule has 37 heavy (non-hydrogen) atoms. The molecule has 1 aromatic carbocycles. The summed E-state index contributed by atoms with van der Waals surface area (Å²) in [4.78, 5) is 0.121. The van der Waals surface area contributed by atoms with Crippen molar-refractivity contribution in [3.63, 3.8) is 0 Å². The Hall–Kier alpha value is -1.23. The number of rotatable bonds is 28. The summed E-state index contributed by atoms with van der Waals surface area (Å²) in [6, 6.07) is 7.97. The highest BCUT2D eigenvalue weighted by Crippen LogP contribution is 2.10. The summed E-state index contributed by atoms with van der Waals surface area (Å²) in [6.07, 6.45) is 0. The van der Waals surface area contributed by atoms with E-state index in [1.807, 2.05) is 0 Å². The molecule has 0 amide bonds. The number of aliphatic hydroxyl groups is 1. The van der Waals surface area contributed by atoms with Crippen LogP contribution in [0.15, 0.2) is 35.2 Å². The predicted molar refractivity (Wildman–Crippen MR) is 133 cm³/mol. The molecule has 1 rings (SSSR count). The van der Waals surface area contributed by atoms with E-state index in [0.29, 0.717) is 99.1 Å².